The lowest BCUT2D eigenvalue weighted by Crippen LogP contribution is -2.05. The van der Waals surface area contributed by atoms with Crippen LogP contribution in [0.2, 0.25) is 0 Å². The van der Waals surface area contributed by atoms with E-state index in [0.717, 1.165) is 10.9 Å². The molecule has 1 N–H and O–H groups in total. The molecule has 0 aromatic carbocycles. The SMILES string of the molecule is O=C(O)CCn1cc([N+](=O)[O-])c(C(F)F)n1. The summed E-state index contributed by atoms with van der Waals surface area (Å²) in [5.74, 6) is -1.14. The second kappa shape index (κ2) is 4.64. The van der Waals surface area contributed by atoms with Gasteiger partial charge in [0, 0.05) is 0 Å². The molecule has 0 aliphatic heterocycles. The summed E-state index contributed by atoms with van der Waals surface area (Å²) < 4.78 is 25.4. The smallest absolute Gasteiger partial charge is 0.316 e. The van der Waals surface area contributed by atoms with Gasteiger partial charge in [0.05, 0.1) is 17.9 Å². The van der Waals surface area contributed by atoms with Crippen molar-refractivity contribution in [2.24, 2.45) is 0 Å². The predicted molar refractivity (Wildman–Crippen MR) is 46.1 cm³/mol. The summed E-state index contributed by atoms with van der Waals surface area (Å²) in [6.45, 7) is -0.192. The van der Waals surface area contributed by atoms with Gasteiger partial charge in [0.15, 0.2) is 0 Å². The number of rotatable bonds is 5. The molecule has 0 aliphatic rings. The first-order valence-electron chi connectivity index (χ1n) is 4.13. The summed E-state index contributed by atoms with van der Waals surface area (Å²) in [5.41, 5.74) is -1.75. The third-order valence-electron chi connectivity index (χ3n) is 1.73. The van der Waals surface area contributed by atoms with E-state index in [9.17, 15) is 23.7 Å². The third-order valence-corrected chi connectivity index (χ3v) is 1.73. The summed E-state index contributed by atoms with van der Waals surface area (Å²) in [6, 6.07) is 0. The summed E-state index contributed by atoms with van der Waals surface area (Å²) in [5, 5.41) is 22.0. The van der Waals surface area contributed by atoms with Crippen LogP contribution in [-0.4, -0.2) is 25.8 Å². The van der Waals surface area contributed by atoms with Gasteiger partial charge in [-0.05, 0) is 0 Å². The van der Waals surface area contributed by atoms with E-state index in [0.29, 0.717) is 0 Å². The summed E-state index contributed by atoms with van der Waals surface area (Å²) in [4.78, 5) is 19.6. The predicted octanol–water partition coefficient (Wildman–Crippen LogP) is 1.20. The van der Waals surface area contributed by atoms with E-state index >= 15 is 0 Å². The Kier molecular flexibility index (Phi) is 3.48. The van der Waals surface area contributed by atoms with Gasteiger partial charge < -0.3 is 5.11 Å². The van der Waals surface area contributed by atoms with Crippen molar-refractivity contribution in [3.8, 4) is 0 Å². The fourth-order valence-corrected chi connectivity index (χ4v) is 1.05. The highest BCUT2D eigenvalue weighted by Gasteiger charge is 2.26. The van der Waals surface area contributed by atoms with E-state index in [4.69, 9.17) is 5.11 Å². The zero-order chi connectivity index (χ0) is 12.3. The number of nitrogens with zero attached hydrogens (tertiary/aromatic N) is 3. The molecule has 0 atom stereocenters. The second-order valence-corrected chi connectivity index (χ2v) is 2.86. The highest BCUT2D eigenvalue weighted by Crippen LogP contribution is 2.26. The zero-order valence-electron chi connectivity index (χ0n) is 7.84. The van der Waals surface area contributed by atoms with Crippen LogP contribution in [0.4, 0.5) is 14.5 Å². The highest BCUT2D eigenvalue weighted by molar-refractivity contribution is 5.66. The van der Waals surface area contributed by atoms with Gasteiger partial charge in [-0.25, -0.2) is 8.78 Å². The number of hydrogen-bond acceptors (Lipinski definition) is 4. The molecule has 1 heterocycles. The minimum atomic E-state index is -3.06. The van der Waals surface area contributed by atoms with Gasteiger partial charge in [0.25, 0.3) is 6.43 Å². The van der Waals surface area contributed by atoms with Crippen molar-refractivity contribution >= 4 is 11.7 Å². The van der Waals surface area contributed by atoms with Gasteiger partial charge >= 0.3 is 11.7 Å². The fraction of sp³-hybridized carbons (Fsp3) is 0.429. The minimum absolute atomic E-state index is 0.192. The molecule has 9 heteroatoms. The van der Waals surface area contributed by atoms with E-state index < -0.39 is 28.7 Å². The van der Waals surface area contributed by atoms with E-state index in [1.165, 1.54) is 0 Å². The molecule has 1 rings (SSSR count). The lowest BCUT2D eigenvalue weighted by Gasteiger charge is -1.95. The highest BCUT2D eigenvalue weighted by atomic mass is 19.3. The Morgan fingerprint density at radius 2 is 2.31 bits per heavy atom. The second-order valence-electron chi connectivity index (χ2n) is 2.86. The Balaban J connectivity index is 2.93. The molecule has 0 saturated carbocycles. The average Bonchev–Trinajstić information content (AvgIpc) is 2.58. The molecule has 0 saturated heterocycles. The topological polar surface area (TPSA) is 98.3 Å². The number of halogens is 2. The van der Waals surface area contributed by atoms with Crippen LogP contribution >= 0.6 is 0 Å². The zero-order valence-corrected chi connectivity index (χ0v) is 7.84. The van der Waals surface area contributed by atoms with Crippen LogP contribution in [-0.2, 0) is 11.3 Å². The van der Waals surface area contributed by atoms with E-state index in [-0.39, 0.29) is 13.0 Å². The number of aromatic nitrogens is 2. The molecule has 7 nitrogen and oxygen atoms in total. The van der Waals surface area contributed by atoms with Crippen molar-refractivity contribution in [3.05, 3.63) is 22.0 Å². The molecule has 1 aromatic heterocycles. The van der Waals surface area contributed by atoms with E-state index in [1.54, 1.807) is 0 Å². The molecular weight excluding hydrogens is 228 g/mol. The van der Waals surface area contributed by atoms with Crippen LogP contribution < -0.4 is 0 Å². The van der Waals surface area contributed by atoms with E-state index in [1.807, 2.05) is 0 Å². The Morgan fingerprint density at radius 3 is 2.69 bits per heavy atom. The van der Waals surface area contributed by atoms with Gasteiger partial charge in [-0.15, -0.1) is 0 Å². The number of alkyl halides is 2. The van der Waals surface area contributed by atoms with Crippen molar-refractivity contribution in [1.82, 2.24) is 9.78 Å². The van der Waals surface area contributed by atoms with Crippen molar-refractivity contribution < 1.29 is 23.6 Å². The minimum Gasteiger partial charge on any atom is -0.481 e. The number of nitro groups is 1. The number of carbonyl (C=O) groups is 1. The first kappa shape index (κ1) is 12.0. The molecule has 0 unspecified atom stereocenters. The van der Waals surface area contributed by atoms with Gasteiger partial charge in [-0.2, -0.15) is 5.10 Å². The first-order valence-corrected chi connectivity index (χ1v) is 4.13. The van der Waals surface area contributed by atoms with Crippen LogP contribution in [0.1, 0.15) is 18.5 Å². The number of aliphatic carboxylic acids is 1. The van der Waals surface area contributed by atoms with Gasteiger partial charge in [0.2, 0.25) is 5.69 Å². The number of carboxylic acids is 1. The Labute approximate surface area is 87.4 Å². The molecule has 0 spiro atoms. The van der Waals surface area contributed by atoms with Crippen molar-refractivity contribution in [1.29, 1.82) is 0 Å². The molecule has 0 bridgehead atoms. The summed E-state index contributed by atoms with van der Waals surface area (Å²) >= 11 is 0. The molecule has 0 amide bonds. The normalized spacial score (nSPS) is 10.7. The molecular formula is C7H7F2N3O4. The van der Waals surface area contributed by atoms with E-state index in [2.05, 4.69) is 5.10 Å². The molecule has 1 aromatic rings. The maximum atomic E-state index is 12.3. The van der Waals surface area contributed by atoms with Crippen LogP contribution in [0.5, 0.6) is 0 Å². The molecule has 0 fully saturated rings. The first-order chi connectivity index (χ1) is 7.41. The quantitative estimate of drug-likeness (QED) is 0.610. The monoisotopic (exact) mass is 235 g/mol. The summed E-state index contributed by atoms with van der Waals surface area (Å²) in [7, 11) is 0. The van der Waals surface area contributed by atoms with Crippen molar-refractivity contribution in [2.45, 2.75) is 19.4 Å². The largest absolute Gasteiger partial charge is 0.481 e. The van der Waals surface area contributed by atoms with Gasteiger partial charge in [-0.1, -0.05) is 0 Å². The number of hydrogen-bond donors (Lipinski definition) is 1. The van der Waals surface area contributed by atoms with Crippen LogP contribution in [0, 0.1) is 10.1 Å². The van der Waals surface area contributed by atoms with Crippen LogP contribution in [0.25, 0.3) is 0 Å². The molecule has 0 radical (unpaired) electrons. The molecule has 0 aliphatic carbocycles. The van der Waals surface area contributed by atoms with Gasteiger partial charge in [-0.3, -0.25) is 19.6 Å². The maximum absolute atomic E-state index is 12.3. The lowest BCUT2D eigenvalue weighted by atomic mass is 10.4. The number of aryl methyl sites for hydroxylation is 1. The van der Waals surface area contributed by atoms with Crippen molar-refractivity contribution in [2.75, 3.05) is 0 Å². The van der Waals surface area contributed by atoms with Crippen molar-refractivity contribution in [3.63, 3.8) is 0 Å². The van der Waals surface area contributed by atoms with Crippen LogP contribution in [0.3, 0.4) is 0 Å². The fourth-order valence-electron chi connectivity index (χ4n) is 1.05. The Hall–Kier alpha value is -2.06. The van der Waals surface area contributed by atoms with Crippen LogP contribution in [0.15, 0.2) is 6.20 Å². The molecule has 16 heavy (non-hydrogen) atoms. The molecule has 88 valence electrons. The third kappa shape index (κ3) is 2.72. The van der Waals surface area contributed by atoms with Gasteiger partial charge in [0.1, 0.15) is 6.20 Å². The number of carboxylic acid groups (broad SMARTS) is 1. The Bertz CT molecular complexity index is 418. The Morgan fingerprint density at radius 1 is 1.69 bits per heavy atom. The summed E-state index contributed by atoms with van der Waals surface area (Å²) in [6.07, 6.45) is -2.61. The maximum Gasteiger partial charge on any atom is 0.316 e. The standard InChI is InChI=1S/C7H7F2N3O4/c8-7(9)6-4(12(15)16)3-11(10-6)2-1-5(13)14/h3,7H,1-2H2,(H,13,14). The lowest BCUT2D eigenvalue weighted by molar-refractivity contribution is -0.386. The average molecular weight is 235 g/mol.